The minimum Gasteiger partial charge on any atom is -0.461 e. The van der Waals surface area contributed by atoms with Gasteiger partial charge in [-0.1, -0.05) is 62.7 Å². The van der Waals surface area contributed by atoms with Crippen molar-refractivity contribution >= 4 is 35.1 Å². The molecule has 9 heteroatoms. The zero-order chi connectivity index (χ0) is 27.4. The zero-order valence-electron chi connectivity index (χ0n) is 22.2. The fraction of sp³-hybridized carbons (Fsp3) is 0.552. The van der Waals surface area contributed by atoms with Crippen LogP contribution in [0.1, 0.15) is 39.2 Å². The van der Waals surface area contributed by atoms with Crippen molar-refractivity contribution < 1.29 is 29.0 Å². The van der Waals surface area contributed by atoms with Gasteiger partial charge in [0.05, 0.1) is 29.3 Å². The molecular weight excluding hydrogens is 508 g/mol. The summed E-state index contributed by atoms with van der Waals surface area (Å²) in [6.45, 7) is 7.78. The Morgan fingerprint density at radius 3 is 2.55 bits per heavy atom. The highest BCUT2D eigenvalue weighted by Crippen LogP contribution is 2.59. The normalized spacial score (nSPS) is 33.1. The molecular formula is C29H35ClN2O6. The molecule has 4 aliphatic heterocycles. The van der Waals surface area contributed by atoms with E-state index < -0.39 is 41.1 Å². The zero-order valence-corrected chi connectivity index (χ0v) is 23.0. The van der Waals surface area contributed by atoms with Crippen LogP contribution in [-0.4, -0.2) is 70.8 Å². The topological polar surface area (TPSA) is 96.4 Å². The molecule has 2 fully saturated rings. The molecule has 8 nitrogen and oxygen atoms in total. The highest BCUT2D eigenvalue weighted by Gasteiger charge is 2.76. The average molecular weight is 543 g/mol. The van der Waals surface area contributed by atoms with E-state index >= 15 is 0 Å². The maximum atomic E-state index is 14.6. The summed E-state index contributed by atoms with van der Waals surface area (Å²) in [6.07, 6.45) is 8.09. The number of benzene rings is 1. The van der Waals surface area contributed by atoms with Crippen LogP contribution in [0.5, 0.6) is 0 Å². The van der Waals surface area contributed by atoms with Crippen LogP contribution in [0.15, 0.2) is 42.5 Å². The monoisotopic (exact) mass is 542 g/mol. The van der Waals surface area contributed by atoms with Gasteiger partial charge in [-0.25, -0.2) is 0 Å². The van der Waals surface area contributed by atoms with Crippen molar-refractivity contribution in [1.82, 2.24) is 4.90 Å². The Hall–Kier alpha value is -2.68. The molecule has 1 aromatic carbocycles. The van der Waals surface area contributed by atoms with E-state index in [1.165, 1.54) is 4.90 Å². The third-order valence-electron chi connectivity index (χ3n) is 8.44. The number of esters is 1. The number of para-hydroxylation sites is 1. The molecule has 204 valence electrons. The Labute approximate surface area is 228 Å². The summed E-state index contributed by atoms with van der Waals surface area (Å²) in [5.41, 5.74) is -1.12. The number of aliphatic hydroxyl groups is 1. The van der Waals surface area contributed by atoms with Gasteiger partial charge in [-0.2, -0.15) is 0 Å². The van der Waals surface area contributed by atoms with E-state index in [0.717, 1.165) is 5.56 Å². The molecule has 0 radical (unpaired) electrons. The Morgan fingerprint density at radius 2 is 1.89 bits per heavy atom. The van der Waals surface area contributed by atoms with E-state index in [1.54, 1.807) is 23.1 Å². The number of aryl methyl sites for hydroxylation is 1. The summed E-state index contributed by atoms with van der Waals surface area (Å²) in [4.78, 5) is 45.5. The number of ether oxygens (including phenoxy) is 2. The molecule has 2 saturated heterocycles. The fourth-order valence-electron chi connectivity index (χ4n) is 6.91. The molecule has 0 bridgehead atoms. The molecule has 0 saturated carbocycles. The molecule has 6 atom stereocenters. The van der Waals surface area contributed by atoms with Gasteiger partial charge in [0, 0.05) is 6.54 Å². The summed E-state index contributed by atoms with van der Waals surface area (Å²) in [7, 11) is 0. The second-order valence-corrected chi connectivity index (χ2v) is 11.5. The Bertz CT molecular complexity index is 1190. The van der Waals surface area contributed by atoms with Gasteiger partial charge < -0.3 is 24.4 Å². The third kappa shape index (κ3) is 3.83. The summed E-state index contributed by atoms with van der Waals surface area (Å²) in [5, 5.41) is 10.9. The molecule has 0 aromatic heterocycles. The summed E-state index contributed by atoms with van der Waals surface area (Å²) < 4.78 is 12.3. The lowest BCUT2D eigenvalue weighted by Crippen LogP contribution is -2.59. The maximum Gasteiger partial charge on any atom is 0.313 e. The number of aliphatic hydroxyl groups excluding tert-OH is 1. The van der Waals surface area contributed by atoms with E-state index in [9.17, 15) is 19.5 Å². The quantitative estimate of drug-likeness (QED) is 0.437. The van der Waals surface area contributed by atoms with Gasteiger partial charge in [0.25, 0.3) is 5.91 Å². The molecule has 38 heavy (non-hydrogen) atoms. The largest absolute Gasteiger partial charge is 0.461 e. The Balaban J connectivity index is 1.72. The van der Waals surface area contributed by atoms with Gasteiger partial charge in [-0.3, -0.25) is 14.4 Å². The van der Waals surface area contributed by atoms with Crippen molar-refractivity contribution in [2.75, 3.05) is 24.7 Å². The van der Waals surface area contributed by atoms with E-state index in [-0.39, 0.29) is 37.5 Å². The Kier molecular flexibility index (Phi) is 6.95. The highest BCUT2D eigenvalue weighted by atomic mass is 35.5. The number of halogens is 1. The van der Waals surface area contributed by atoms with E-state index in [1.807, 2.05) is 52.0 Å². The first-order chi connectivity index (χ1) is 18.1. The number of carbonyl (C=O) groups is 3. The summed E-state index contributed by atoms with van der Waals surface area (Å²) in [5.74, 6) is -2.99. The van der Waals surface area contributed by atoms with Crippen LogP contribution in [-0.2, 0) is 23.9 Å². The third-order valence-corrected chi connectivity index (χ3v) is 8.74. The number of amides is 2. The van der Waals surface area contributed by atoms with Crippen molar-refractivity contribution in [3.63, 3.8) is 0 Å². The van der Waals surface area contributed by atoms with Crippen molar-refractivity contribution in [3.05, 3.63) is 53.1 Å². The van der Waals surface area contributed by atoms with E-state index in [0.29, 0.717) is 23.6 Å². The van der Waals surface area contributed by atoms with Crippen LogP contribution in [0.25, 0.3) is 0 Å². The molecule has 1 spiro atoms. The SMILES string of the molecule is CC[C@@]12C=CCOC(=O)[C@@H]1[C@H]1C(=O)N([C@@H](CO)CC(C)C)C3C(=O)N(c4c(C)cccc4Cl)CC=C[C@@]31O2. The maximum absolute atomic E-state index is 14.6. The number of likely N-dealkylation sites (tertiary alicyclic amines) is 1. The fourth-order valence-corrected chi connectivity index (χ4v) is 7.24. The second-order valence-electron chi connectivity index (χ2n) is 11.1. The lowest BCUT2D eigenvalue weighted by Gasteiger charge is -2.41. The van der Waals surface area contributed by atoms with Crippen molar-refractivity contribution in [3.8, 4) is 0 Å². The Morgan fingerprint density at radius 1 is 1.13 bits per heavy atom. The highest BCUT2D eigenvalue weighted by molar-refractivity contribution is 6.34. The van der Waals surface area contributed by atoms with Crippen LogP contribution < -0.4 is 4.90 Å². The van der Waals surface area contributed by atoms with E-state index in [2.05, 4.69) is 0 Å². The first kappa shape index (κ1) is 26.9. The van der Waals surface area contributed by atoms with Crippen LogP contribution in [0.3, 0.4) is 0 Å². The minimum atomic E-state index is -1.41. The van der Waals surface area contributed by atoms with Gasteiger partial charge in [0.2, 0.25) is 5.91 Å². The number of fused-ring (bicyclic) bond motifs is 2. The van der Waals surface area contributed by atoms with Crippen LogP contribution in [0.4, 0.5) is 5.69 Å². The molecule has 1 unspecified atom stereocenters. The first-order valence-electron chi connectivity index (χ1n) is 13.3. The van der Waals surface area contributed by atoms with Gasteiger partial charge in [-0.15, -0.1) is 0 Å². The molecule has 5 rings (SSSR count). The number of rotatable bonds is 6. The lowest BCUT2D eigenvalue weighted by atomic mass is 9.73. The average Bonchev–Trinajstić information content (AvgIpc) is 3.16. The first-order valence-corrected chi connectivity index (χ1v) is 13.7. The van der Waals surface area contributed by atoms with Gasteiger partial charge in [0.1, 0.15) is 29.8 Å². The van der Waals surface area contributed by atoms with Crippen LogP contribution in [0.2, 0.25) is 5.02 Å². The summed E-state index contributed by atoms with van der Waals surface area (Å²) in [6, 6.07) is 3.71. The molecule has 1 aromatic rings. The number of hydrogen-bond donors (Lipinski definition) is 1. The van der Waals surface area contributed by atoms with Crippen LogP contribution in [0, 0.1) is 24.7 Å². The lowest BCUT2D eigenvalue weighted by molar-refractivity contribution is -0.159. The van der Waals surface area contributed by atoms with Gasteiger partial charge >= 0.3 is 5.97 Å². The minimum absolute atomic E-state index is 0.0996. The predicted molar refractivity (Wildman–Crippen MR) is 143 cm³/mol. The van der Waals surface area contributed by atoms with Crippen molar-refractivity contribution in [2.24, 2.45) is 17.8 Å². The molecule has 4 heterocycles. The van der Waals surface area contributed by atoms with Crippen molar-refractivity contribution in [2.45, 2.75) is 63.8 Å². The van der Waals surface area contributed by atoms with Crippen LogP contribution >= 0.6 is 11.6 Å². The number of anilines is 1. The smallest absolute Gasteiger partial charge is 0.313 e. The number of nitrogens with zero attached hydrogens (tertiary/aromatic N) is 2. The number of carbonyl (C=O) groups excluding carboxylic acids is 3. The van der Waals surface area contributed by atoms with Gasteiger partial charge in [-0.05, 0) is 43.4 Å². The van der Waals surface area contributed by atoms with Gasteiger partial charge in [0.15, 0.2) is 0 Å². The predicted octanol–water partition coefficient (Wildman–Crippen LogP) is 3.43. The standard InChI is InChI=1S/C29H35ClN2O6/c1-5-28-11-8-14-37-27(36)22(28)21-25(34)32(19(16-33)15-17(2)3)24-26(35)31(13-7-12-29(21,24)38-28)23-18(4)9-6-10-20(23)30/h6-12,17,19,21-22,24,33H,5,13-16H2,1-4H3/t19-,21+,22+,24?,28-,29+/m1/s1. The van der Waals surface area contributed by atoms with Crippen molar-refractivity contribution in [1.29, 1.82) is 0 Å². The van der Waals surface area contributed by atoms with E-state index in [4.69, 9.17) is 21.1 Å². The number of hydrogen-bond acceptors (Lipinski definition) is 6. The molecule has 2 amide bonds. The molecule has 1 N–H and O–H groups in total. The molecule has 4 aliphatic rings. The summed E-state index contributed by atoms with van der Waals surface area (Å²) >= 11 is 6.60. The number of cyclic esters (lactones) is 1. The second kappa shape index (κ2) is 9.81. The molecule has 0 aliphatic carbocycles.